The molecular weight excluding hydrogens is 388 g/mol. The lowest BCUT2D eigenvalue weighted by molar-refractivity contribution is 0.0988. The zero-order chi connectivity index (χ0) is 20.9. The summed E-state index contributed by atoms with van der Waals surface area (Å²) in [5.74, 6) is 0.137. The number of carbonyl (C=O) groups excluding carboxylic acids is 1. The number of carbonyl (C=O) groups is 1. The summed E-state index contributed by atoms with van der Waals surface area (Å²) in [4.78, 5) is 14.6. The molecule has 0 saturated carbocycles. The van der Waals surface area contributed by atoms with Gasteiger partial charge >= 0.3 is 0 Å². The summed E-state index contributed by atoms with van der Waals surface area (Å²) >= 11 is 0. The number of benzene rings is 3. The highest BCUT2D eigenvalue weighted by atomic mass is 32.2. The number of nitrogens with zero attached hydrogens (tertiary/aromatic N) is 1. The van der Waals surface area contributed by atoms with Crippen LogP contribution >= 0.6 is 0 Å². The standard InChI is InChI=1S/C22H22N2O4S/c1-3-24(18-11-5-4-6-12-18)22(25)17-10-9-13-19(16-17)29(26,27)23-20-14-7-8-15-21(20)28-2/h4-16,23H,3H2,1-2H3. The summed E-state index contributed by atoms with van der Waals surface area (Å²) in [6.45, 7) is 2.33. The molecule has 0 aliphatic carbocycles. The van der Waals surface area contributed by atoms with E-state index in [4.69, 9.17) is 4.74 Å². The van der Waals surface area contributed by atoms with Gasteiger partial charge in [0.2, 0.25) is 0 Å². The van der Waals surface area contributed by atoms with Gasteiger partial charge in [-0.25, -0.2) is 8.42 Å². The van der Waals surface area contributed by atoms with E-state index in [1.165, 1.54) is 19.2 Å². The third kappa shape index (κ3) is 4.57. The number of ether oxygens (including phenoxy) is 1. The minimum absolute atomic E-state index is 0.00151. The predicted molar refractivity (Wildman–Crippen MR) is 114 cm³/mol. The second-order valence-electron chi connectivity index (χ2n) is 6.22. The second-order valence-corrected chi connectivity index (χ2v) is 7.90. The molecule has 0 aliphatic heterocycles. The monoisotopic (exact) mass is 410 g/mol. The lowest BCUT2D eigenvalue weighted by Gasteiger charge is -2.21. The van der Waals surface area contributed by atoms with Crippen molar-refractivity contribution in [2.75, 3.05) is 23.3 Å². The molecule has 0 spiro atoms. The fourth-order valence-corrected chi connectivity index (χ4v) is 4.05. The molecule has 1 amide bonds. The van der Waals surface area contributed by atoms with Crippen molar-refractivity contribution >= 4 is 27.3 Å². The van der Waals surface area contributed by atoms with Crippen molar-refractivity contribution in [3.05, 3.63) is 84.4 Å². The molecule has 0 radical (unpaired) electrons. The van der Waals surface area contributed by atoms with Crippen LogP contribution in [0.3, 0.4) is 0 Å². The first-order valence-corrected chi connectivity index (χ1v) is 10.6. The molecule has 7 heteroatoms. The van der Waals surface area contributed by atoms with Crippen molar-refractivity contribution in [2.45, 2.75) is 11.8 Å². The summed E-state index contributed by atoms with van der Waals surface area (Å²) in [6, 6.07) is 22.0. The van der Waals surface area contributed by atoms with Gasteiger partial charge in [-0.15, -0.1) is 0 Å². The summed E-state index contributed by atoms with van der Waals surface area (Å²) in [5.41, 5.74) is 1.37. The molecule has 0 heterocycles. The molecule has 0 fully saturated rings. The Balaban J connectivity index is 1.91. The Morgan fingerprint density at radius 1 is 0.966 bits per heavy atom. The Morgan fingerprint density at radius 2 is 1.66 bits per heavy atom. The van der Waals surface area contributed by atoms with E-state index in [0.717, 1.165) is 5.69 Å². The Kier molecular flexibility index (Phi) is 6.19. The number of amides is 1. The van der Waals surface area contributed by atoms with Gasteiger partial charge in [-0.2, -0.15) is 0 Å². The van der Waals surface area contributed by atoms with E-state index in [-0.39, 0.29) is 10.8 Å². The number of sulfonamides is 1. The van der Waals surface area contributed by atoms with E-state index in [1.807, 2.05) is 37.3 Å². The Morgan fingerprint density at radius 3 is 2.34 bits per heavy atom. The number of hydrogen-bond acceptors (Lipinski definition) is 4. The van der Waals surface area contributed by atoms with Gasteiger partial charge in [0.1, 0.15) is 5.75 Å². The third-order valence-electron chi connectivity index (χ3n) is 4.37. The number of nitrogens with one attached hydrogen (secondary N) is 1. The molecule has 0 bridgehead atoms. The molecule has 0 atom stereocenters. The van der Waals surface area contributed by atoms with E-state index >= 15 is 0 Å². The van der Waals surface area contributed by atoms with Crippen LogP contribution in [0.5, 0.6) is 5.75 Å². The lowest BCUT2D eigenvalue weighted by Crippen LogP contribution is -2.30. The van der Waals surface area contributed by atoms with E-state index in [2.05, 4.69) is 4.72 Å². The molecule has 0 saturated heterocycles. The average Bonchev–Trinajstić information content (AvgIpc) is 2.75. The summed E-state index contributed by atoms with van der Waals surface area (Å²) in [7, 11) is -2.43. The molecular formula is C22H22N2O4S. The SMILES string of the molecule is CCN(C(=O)c1cccc(S(=O)(=O)Nc2ccccc2OC)c1)c1ccccc1. The molecule has 0 unspecified atom stereocenters. The van der Waals surface area contributed by atoms with E-state index in [9.17, 15) is 13.2 Å². The van der Waals surface area contributed by atoms with Crippen molar-refractivity contribution in [1.29, 1.82) is 0 Å². The van der Waals surface area contributed by atoms with Gasteiger partial charge in [0.15, 0.2) is 0 Å². The van der Waals surface area contributed by atoms with Crippen LogP contribution in [0.4, 0.5) is 11.4 Å². The molecule has 6 nitrogen and oxygen atoms in total. The number of methoxy groups -OCH3 is 1. The van der Waals surface area contributed by atoms with Gasteiger partial charge in [0.25, 0.3) is 15.9 Å². The van der Waals surface area contributed by atoms with Crippen LogP contribution in [-0.4, -0.2) is 28.0 Å². The van der Waals surface area contributed by atoms with Crippen molar-refractivity contribution in [1.82, 2.24) is 0 Å². The fourth-order valence-electron chi connectivity index (χ4n) is 2.94. The molecule has 29 heavy (non-hydrogen) atoms. The molecule has 0 aromatic heterocycles. The highest BCUT2D eigenvalue weighted by Crippen LogP contribution is 2.26. The first-order valence-electron chi connectivity index (χ1n) is 9.09. The van der Waals surface area contributed by atoms with Crippen LogP contribution in [0.25, 0.3) is 0 Å². The number of hydrogen-bond donors (Lipinski definition) is 1. The summed E-state index contributed by atoms with van der Waals surface area (Å²) in [5, 5.41) is 0. The van der Waals surface area contributed by atoms with Crippen molar-refractivity contribution < 1.29 is 17.9 Å². The van der Waals surface area contributed by atoms with Crippen molar-refractivity contribution in [3.8, 4) is 5.75 Å². The van der Waals surface area contributed by atoms with Crippen LogP contribution < -0.4 is 14.4 Å². The maximum absolute atomic E-state index is 13.0. The minimum Gasteiger partial charge on any atom is -0.495 e. The molecule has 0 aliphatic rings. The van der Waals surface area contributed by atoms with Crippen LogP contribution in [-0.2, 0) is 10.0 Å². The summed E-state index contributed by atoms with van der Waals surface area (Å²) < 4.78 is 33.4. The van der Waals surface area contributed by atoms with Crippen molar-refractivity contribution in [3.63, 3.8) is 0 Å². The number of para-hydroxylation sites is 3. The summed E-state index contributed by atoms with van der Waals surface area (Å²) in [6.07, 6.45) is 0. The molecule has 150 valence electrons. The van der Waals surface area contributed by atoms with Crippen LogP contribution in [0.2, 0.25) is 0 Å². The zero-order valence-electron chi connectivity index (χ0n) is 16.2. The maximum Gasteiger partial charge on any atom is 0.262 e. The van der Waals surface area contributed by atoms with Gasteiger partial charge in [-0.3, -0.25) is 9.52 Å². The van der Waals surface area contributed by atoms with Gasteiger partial charge in [-0.05, 0) is 49.4 Å². The Hall–Kier alpha value is -3.32. The molecule has 1 N–H and O–H groups in total. The quantitative estimate of drug-likeness (QED) is 0.635. The van der Waals surface area contributed by atoms with Gasteiger partial charge in [0, 0.05) is 17.8 Å². The van der Waals surface area contributed by atoms with Gasteiger partial charge in [-0.1, -0.05) is 36.4 Å². The fraction of sp³-hybridized carbons (Fsp3) is 0.136. The zero-order valence-corrected chi connectivity index (χ0v) is 17.0. The van der Waals surface area contributed by atoms with Crippen molar-refractivity contribution in [2.24, 2.45) is 0 Å². The average molecular weight is 410 g/mol. The molecule has 3 rings (SSSR count). The molecule has 3 aromatic rings. The van der Waals surface area contributed by atoms with E-state index in [1.54, 1.807) is 41.3 Å². The van der Waals surface area contributed by atoms with Crippen LogP contribution in [0, 0.1) is 0 Å². The van der Waals surface area contributed by atoms with E-state index < -0.39 is 10.0 Å². The maximum atomic E-state index is 13.0. The predicted octanol–water partition coefficient (Wildman–Crippen LogP) is 4.16. The number of rotatable bonds is 7. The van der Waals surface area contributed by atoms with Gasteiger partial charge in [0.05, 0.1) is 17.7 Å². The van der Waals surface area contributed by atoms with Crippen LogP contribution in [0.1, 0.15) is 17.3 Å². The topological polar surface area (TPSA) is 75.7 Å². The first kappa shape index (κ1) is 20.4. The normalized spacial score (nSPS) is 11.0. The minimum atomic E-state index is -3.90. The highest BCUT2D eigenvalue weighted by molar-refractivity contribution is 7.92. The highest BCUT2D eigenvalue weighted by Gasteiger charge is 2.21. The smallest absolute Gasteiger partial charge is 0.262 e. The second kappa shape index (κ2) is 8.79. The third-order valence-corrected chi connectivity index (χ3v) is 5.74. The Bertz CT molecular complexity index is 1100. The largest absolute Gasteiger partial charge is 0.495 e. The Labute approximate surface area is 170 Å². The van der Waals surface area contributed by atoms with Crippen LogP contribution in [0.15, 0.2) is 83.8 Å². The van der Waals surface area contributed by atoms with Gasteiger partial charge < -0.3 is 9.64 Å². The number of anilines is 2. The lowest BCUT2D eigenvalue weighted by atomic mass is 10.2. The first-order chi connectivity index (χ1) is 14.0. The molecule has 3 aromatic carbocycles. The van der Waals surface area contributed by atoms with E-state index in [0.29, 0.717) is 23.5 Å².